The average molecular weight is 557 g/mol. The number of ether oxygens (including phenoxy) is 1. The van der Waals surface area contributed by atoms with Crippen LogP contribution in [0.3, 0.4) is 0 Å². The number of aromatic nitrogens is 1. The van der Waals surface area contributed by atoms with E-state index in [1.807, 2.05) is 37.3 Å². The molecule has 1 heterocycles. The van der Waals surface area contributed by atoms with Crippen LogP contribution in [0.2, 0.25) is 0 Å². The fourth-order valence-electron chi connectivity index (χ4n) is 3.63. The highest BCUT2D eigenvalue weighted by atomic mass is 32.2. The zero-order valence-electron chi connectivity index (χ0n) is 20.8. The fourth-order valence-corrected chi connectivity index (χ4v) is 4.66. The fraction of sp³-hybridized carbons (Fsp3) is 0.231. The molecule has 0 radical (unpaired) electrons. The molecular weight excluding hydrogens is 528 g/mol. The quantitative estimate of drug-likeness (QED) is 0.235. The van der Waals surface area contributed by atoms with Crippen LogP contribution in [0.4, 0.5) is 4.79 Å². The lowest BCUT2D eigenvalue weighted by Crippen LogP contribution is -2.45. The van der Waals surface area contributed by atoms with Crippen molar-refractivity contribution in [3.63, 3.8) is 0 Å². The number of nitrogens with zero attached hydrogens (tertiary/aromatic N) is 2. The van der Waals surface area contributed by atoms with Crippen LogP contribution in [0.5, 0.6) is 5.75 Å². The number of rotatable bonds is 11. The van der Waals surface area contributed by atoms with Gasteiger partial charge < -0.3 is 20.9 Å². The first-order valence-electron chi connectivity index (χ1n) is 11.5. The number of carbonyl (C=O) groups is 2. The standard InChI is InChI=1S/C26H28N4O6S2/c1-17-6-3-4-8-20(17)22-14-18(16-36-19-7-5-12-28-15-19)9-10-21(22)25(31)29-23(11-13-37-26(32)33)24(27)30-38(2,34)35/h3-10,12,14-15,23H,11,13,16H2,1-2H3,(H2,27,30)(H,29,31)(H,32,33)/t23-/m0/s1. The SMILES string of the molecule is Cc1ccccc1-c1cc(COc2cccnc2)ccc1C(=O)N[C@@H](CCSC(=O)O)C(N)=NS(C)(=O)=O. The van der Waals surface area contributed by atoms with Crippen LogP contribution in [0, 0.1) is 6.92 Å². The van der Waals surface area contributed by atoms with E-state index in [4.69, 9.17) is 15.6 Å². The molecule has 0 spiro atoms. The molecule has 10 nitrogen and oxygen atoms in total. The summed E-state index contributed by atoms with van der Waals surface area (Å²) in [6.45, 7) is 2.17. The molecular formula is C26H28N4O6S2. The molecule has 1 amide bonds. The monoisotopic (exact) mass is 556 g/mol. The van der Waals surface area contributed by atoms with E-state index >= 15 is 0 Å². The van der Waals surface area contributed by atoms with E-state index in [2.05, 4.69) is 14.7 Å². The van der Waals surface area contributed by atoms with E-state index in [1.165, 1.54) is 0 Å². The van der Waals surface area contributed by atoms with Gasteiger partial charge in [-0.2, -0.15) is 0 Å². The molecule has 0 aliphatic rings. The lowest BCUT2D eigenvalue weighted by atomic mass is 9.93. The molecule has 38 heavy (non-hydrogen) atoms. The smallest absolute Gasteiger partial charge is 0.364 e. The van der Waals surface area contributed by atoms with Gasteiger partial charge in [-0.05, 0) is 71.6 Å². The first-order chi connectivity index (χ1) is 18.0. The Balaban J connectivity index is 1.94. The van der Waals surface area contributed by atoms with E-state index in [-0.39, 0.29) is 24.6 Å². The predicted molar refractivity (Wildman–Crippen MR) is 148 cm³/mol. The molecule has 0 saturated heterocycles. The van der Waals surface area contributed by atoms with Crippen LogP contribution in [0.25, 0.3) is 11.1 Å². The summed E-state index contributed by atoms with van der Waals surface area (Å²) in [5.41, 5.74) is 9.48. The van der Waals surface area contributed by atoms with Gasteiger partial charge >= 0.3 is 5.30 Å². The molecule has 3 aromatic rings. The van der Waals surface area contributed by atoms with Crippen molar-refractivity contribution < 1.29 is 27.9 Å². The number of nitrogens with one attached hydrogen (secondary N) is 1. The number of carbonyl (C=O) groups excluding carboxylic acids is 1. The van der Waals surface area contributed by atoms with Gasteiger partial charge in [-0.25, -0.2) is 13.2 Å². The summed E-state index contributed by atoms with van der Waals surface area (Å²) in [6, 6.07) is 15.4. The Morgan fingerprint density at radius 2 is 1.92 bits per heavy atom. The number of carboxylic acid groups (broad SMARTS) is 1. The second-order valence-electron chi connectivity index (χ2n) is 8.35. The summed E-state index contributed by atoms with van der Waals surface area (Å²) in [5, 5.41) is 10.6. The number of aryl methyl sites for hydroxylation is 1. The van der Waals surface area contributed by atoms with Crippen molar-refractivity contribution in [1.82, 2.24) is 10.3 Å². The van der Waals surface area contributed by atoms with Crippen LogP contribution in [0.1, 0.15) is 27.9 Å². The van der Waals surface area contributed by atoms with Crippen molar-refractivity contribution in [2.75, 3.05) is 12.0 Å². The van der Waals surface area contributed by atoms with Gasteiger partial charge in [0.05, 0.1) is 18.5 Å². The van der Waals surface area contributed by atoms with Crippen LogP contribution in [0.15, 0.2) is 71.4 Å². The zero-order chi connectivity index (χ0) is 27.7. The Labute approximate surface area is 225 Å². The molecule has 0 fully saturated rings. The van der Waals surface area contributed by atoms with Gasteiger partial charge in [-0.3, -0.25) is 9.78 Å². The van der Waals surface area contributed by atoms with Crippen molar-refractivity contribution >= 4 is 38.8 Å². The van der Waals surface area contributed by atoms with E-state index in [0.29, 0.717) is 28.6 Å². The molecule has 1 atom stereocenters. The lowest BCUT2D eigenvalue weighted by Gasteiger charge is -2.20. The van der Waals surface area contributed by atoms with Crippen LogP contribution in [-0.4, -0.2) is 53.6 Å². The number of hydrogen-bond acceptors (Lipinski definition) is 7. The van der Waals surface area contributed by atoms with Crippen molar-refractivity contribution in [3.05, 3.63) is 83.7 Å². The van der Waals surface area contributed by atoms with Gasteiger partial charge in [0.25, 0.3) is 15.9 Å². The summed E-state index contributed by atoms with van der Waals surface area (Å²) >= 11 is 0.612. The summed E-state index contributed by atoms with van der Waals surface area (Å²) in [4.78, 5) is 28.5. The van der Waals surface area contributed by atoms with Gasteiger partial charge in [-0.15, -0.1) is 4.40 Å². The van der Waals surface area contributed by atoms with Crippen molar-refractivity contribution in [3.8, 4) is 16.9 Å². The molecule has 200 valence electrons. The maximum absolute atomic E-state index is 13.5. The lowest BCUT2D eigenvalue weighted by molar-refractivity contribution is 0.0946. The third-order valence-electron chi connectivity index (χ3n) is 5.37. The second-order valence-corrected chi connectivity index (χ2v) is 11.0. The normalized spacial score (nSPS) is 12.5. The second kappa shape index (κ2) is 13.1. The number of sulfonamides is 1. The highest BCUT2D eigenvalue weighted by Gasteiger charge is 2.22. The molecule has 0 saturated carbocycles. The Morgan fingerprint density at radius 1 is 1.16 bits per heavy atom. The van der Waals surface area contributed by atoms with E-state index in [0.717, 1.165) is 22.9 Å². The molecule has 0 bridgehead atoms. The minimum Gasteiger partial charge on any atom is -0.487 e. The van der Waals surface area contributed by atoms with Crippen LogP contribution in [-0.2, 0) is 16.6 Å². The summed E-state index contributed by atoms with van der Waals surface area (Å²) in [5.74, 6) is -0.157. The maximum atomic E-state index is 13.5. The molecule has 3 rings (SSSR count). The van der Waals surface area contributed by atoms with E-state index < -0.39 is 27.3 Å². The highest BCUT2D eigenvalue weighted by Crippen LogP contribution is 2.29. The number of nitrogens with two attached hydrogens (primary N) is 1. The number of amidine groups is 1. The van der Waals surface area contributed by atoms with Gasteiger partial charge in [0.15, 0.2) is 0 Å². The first kappa shape index (κ1) is 28.7. The van der Waals surface area contributed by atoms with Crippen molar-refractivity contribution in [2.24, 2.45) is 10.1 Å². The Bertz CT molecular complexity index is 1430. The first-order valence-corrected chi connectivity index (χ1v) is 14.3. The Morgan fingerprint density at radius 3 is 2.58 bits per heavy atom. The molecule has 0 unspecified atom stereocenters. The van der Waals surface area contributed by atoms with Gasteiger partial charge in [0, 0.05) is 17.5 Å². The Hall–Kier alpha value is -3.90. The summed E-state index contributed by atoms with van der Waals surface area (Å²) in [6.07, 6.45) is 4.20. The van der Waals surface area contributed by atoms with Gasteiger partial charge in [0.1, 0.15) is 18.2 Å². The van der Waals surface area contributed by atoms with E-state index in [9.17, 15) is 18.0 Å². The molecule has 1 aromatic heterocycles. The number of benzene rings is 2. The topological polar surface area (TPSA) is 161 Å². The molecule has 0 aliphatic heterocycles. The van der Waals surface area contributed by atoms with Crippen molar-refractivity contribution in [1.29, 1.82) is 0 Å². The highest BCUT2D eigenvalue weighted by molar-refractivity contribution is 8.13. The molecule has 2 aromatic carbocycles. The number of thioether (sulfide) groups is 1. The minimum atomic E-state index is -3.83. The third kappa shape index (κ3) is 8.60. The van der Waals surface area contributed by atoms with Gasteiger partial charge in [-0.1, -0.05) is 30.3 Å². The zero-order valence-corrected chi connectivity index (χ0v) is 22.5. The Kier molecular flexibility index (Phi) is 9.85. The largest absolute Gasteiger partial charge is 0.487 e. The van der Waals surface area contributed by atoms with Crippen LogP contribution < -0.4 is 15.8 Å². The molecule has 12 heteroatoms. The third-order valence-corrected chi connectivity index (χ3v) is 6.60. The molecule has 0 aliphatic carbocycles. The molecule has 4 N–H and O–H groups in total. The number of pyridine rings is 1. The summed E-state index contributed by atoms with van der Waals surface area (Å²) in [7, 11) is -3.83. The number of hydrogen-bond donors (Lipinski definition) is 3. The average Bonchev–Trinajstić information content (AvgIpc) is 2.86. The minimum absolute atomic E-state index is 0.0598. The van der Waals surface area contributed by atoms with E-state index in [1.54, 1.807) is 36.7 Å². The van der Waals surface area contributed by atoms with Crippen LogP contribution >= 0.6 is 11.8 Å². The maximum Gasteiger partial charge on any atom is 0.364 e. The van der Waals surface area contributed by atoms with Crippen molar-refractivity contribution in [2.45, 2.75) is 26.0 Å². The predicted octanol–water partition coefficient (Wildman–Crippen LogP) is 3.85. The summed E-state index contributed by atoms with van der Waals surface area (Å²) < 4.78 is 32.6. The number of amides is 1. The van der Waals surface area contributed by atoms with Gasteiger partial charge in [0.2, 0.25) is 0 Å².